The van der Waals surface area contributed by atoms with Crippen LogP contribution >= 0.6 is 0 Å². The summed E-state index contributed by atoms with van der Waals surface area (Å²) in [6.45, 7) is 0. The van der Waals surface area contributed by atoms with Gasteiger partial charge in [-0.2, -0.15) is 0 Å². The monoisotopic (exact) mass is 304 g/mol. The topological polar surface area (TPSA) is 23.6 Å². The Morgan fingerprint density at radius 1 is 1.00 bits per heavy atom. The third kappa shape index (κ3) is 2.90. The van der Waals surface area contributed by atoms with Crippen LogP contribution in [0.2, 0.25) is 0 Å². The molecule has 23 heavy (non-hydrogen) atoms. The first kappa shape index (κ1) is 15.1. The van der Waals surface area contributed by atoms with Crippen molar-refractivity contribution < 1.29 is 4.79 Å². The number of nitrogens with zero attached hydrogens (tertiary/aromatic N) is 2. The van der Waals surface area contributed by atoms with E-state index in [1.165, 1.54) is 5.69 Å². The molecule has 1 amide bonds. The maximum absolute atomic E-state index is 12.3. The zero-order chi connectivity index (χ0) is 16.4. The van der Waals surface area contributed by atoms with Gasteiger partial charge in [-0.15, -0.1) is 0 Å². The molecule has 2 aromatic rings. The summed E-state index contributed by atoms with van der Waals surface area (Å²) in [6, 6.07) is 16.2. The van der Waals surface area contributed by atoms with Crippen molar-refractivity contribution in [2.45, 2.75) is 0 Å². The molecule has 0 spiro atoms. The molecule has 1 heterocycles. The van der Waals surface area contributed by atoms with Crippen molar-refractivity contribution in [2.24, 2.45) is 0 Å². The summed E-state index contributed by atoms with van der Waals surface area (Å²) in [7, 11) is 5.86. The predicted molar refractivity (Wildman–Crippen MR) is 97.6 cm³/mol. The molecule has 0 bridgehead atoms. The first-order valence-electron chi connectivity index (χ1n) is 7.61. The average Bonchev–Trinajstić information content (AvgIpc) is 2.81. The quantitative estimate of drug-likeness (QED) is 0.805. The minimum Gasteiger partial charge on any atom is -0.378 e. The van der Waals surface area contributed by atoms with Gasteiger partial charge in [-0.1, -0.05) is 42.5 Å². The second-order valence-corrected chi connectivity index (χ2v) is 5.81. The molecule has 1 aliphatic heterocycles. The van der Waals surface area contributed by atoms with Crippen LogP contribution in [0.5, 0.6) is 0 Å². The summed E-state index contributed by atoms with van der Waals surface area (Å²) in [6.07, 6.45) is 5.85. The lowest BCUT2D eigenvalue weighted by molar-refractivity contribution is -0.112. The van der Waals surface area contributed by atoms with Crippen LogP contribution in [-0.2, 0) is 4.79 Å². The summed E-state index contributed by atoms with van der Waals surface area (Å²) < 4.78 is 0. The van der Waals surface area contributed by atoms with Gasteiger partial charge in [0.15, 0.2) is 0 Å². The van der Waals surface area contributed by atoms with Crippen LogP contribution in [0.25, 0.3) is 11.6 Å². The number of para-hydroxylation sites is 1. The van der Waals surface area contributed by atoms with Crippen molar-refractivity contribution in [2.75, 3.05) is 30.9 Å². The zero-order valence-corrected chi connectivity index (χ0v) is 13.7. The number of benzene rings is 2. The first-order chi connectivity index (χ1) is 11.1. The van der Waals surface area contributed by atoms with E-state index in [2.05, 4.69) is 29.2 Å². The van der Waals surface area contributed by atoms with Gasteiger partial charge >= 0.3 is 0 Å². The SMILES string of the molecule is CN(C)c1ccc(/C=C/C=C2\C(=O)N(C)c3ccccc32)cc1. The maximum atomic E-state index is 12.3. The van der Waals surface area contributed by atoms with Gasteiger partial charge in [0.2, 0.25) is 0 Å². The number of hydrogen-bond acceptors (Lipinski definition) is 2. The number of hydrogen-bond donors (Lipinski definition) is 0. The normalized spacial score (nSPS) is 15.5. The predicted octanol–water partition coefficient (Wildman–Crippen LogP) is 3.83. The second kappa shape index (κ2) is 6.13. The Labute approximate surface area is 137 Å². The number of carbonyl (C=O) groups excluding carboxylic acids is 1. The number of anilines is 2. The van der Waals surface area contributed by atoms with Crippen molar-refractivity contribution in [3.05, 3.63) is 71.8 Å². The van der Waals surface area contributed by atoms with Gasteiger partial charge in [-0.25, -0.2) is 0 Å². The summed E-state index contributed by atoms with van der Waals surface area (Å²) in [5.74, 6) is 0.0406. The molecule has 0 saturated heterocycles. The minimum atomic E-state index is 0.0406. The van der Waals surface area contributed by atoms with Gasteiger partial charge in [0, 0.05) is 38.0 Å². The van der Waals surface area contributed by atoms with Crippen LogP contribution in [0.1, 0.15) is 11.1 Å². The van der Waals surface area contributed by atoms with Crippen molar-refractivity contribution in [1.82, 2.24) is 0 Å². The van der Waals surface area contributed by atoms with E-state index >= 15 is 0 Å². The van der Waals surface area contributed by atoms with E-state index < -0.39 is 0 Å². The molecule has 2 aromatic carbocycles. The zero-order valence-electron chi connectivity index (χ0n) is 13.7. The average molecular weight is 304 g/mol. The number of carbonyl (C=O) groups is 1. The van der Waals surface area contributed by atoms with E-state index in [9.17, 15) is 4.79 Å². The Morgan fingerprint density at radius 3 is 2.39 bits per heavy atom. The van der Waals surface area contributed by atoms with Crippen LogP contribution in [0.3, 0.4) is 0 Å². The van der Waals surface area contributed by atoms with E-state index in [4.69, 9.17) is 0 Å². The van der Waals surface area contributed by atoms with Gasteiger partial charge in [-0.3, -0.25) is 4.79 Å². The summed E-state index contributed by atoms with van der Waals surface area (Å²) in [4.78, 5) is 16.1. The minimum absolute atomic E-state index is 0.0406. The van der Waals surface area contributed by atoms with E-state index in [1.54, 1.807) is 4.90 Å². The number of amides is 1. The maximum Gasteiger partial charge on any atom is 0.258 e. The first-order valence-corrected chi connectivity index (χ1v) is 7.61. The van der Waals surface area contributed by atoms with Crippen LogP contribution in [-0.4, -0.2) is 27.1 Å². The summed E-state index contributed by atoms with van der Waals surface area (Å²) >= 11 is 0. The Bertz CT molecular complexity index is 786. The van der Waals surface area contributed by atoms with Crippen molar-refractivity contribution in [3.63, 3.8) is 0 Å². The van der Waals surface area contributed by atoms with Crippen LogP contribution in [0.15, 0.2) is 60.7 Å². The second-order valence-electron chi connectivity index (χ2n) is 5.81. The third-order valence-electron chi connectivity index (χ3n) is 4.05. The molecule has 3 heteroatoms. The number of allylic oxidation sites excluding steroid dienone is 2. The van der Waals surface area contributed by atoms with E-state index in [0.29, 0.717) is 0 Å². The third-order valence-corrected chi connectivity index (χ3v) is 4.05. The van der Waals surface area contributed by atoms with Gasteiger partial charge < -0.3 is 9.80 Å². The number of fused-ring (bicyclic) bond motifs is 1. The smallest absolute Gasteiger partial charge is 0.258 e. The molecule has 116 valence electrons. The Balaban J connectivity index is 1.84. The summed E-state index contributed by atoms with van der Waals surface area (Å²) in [5, 5.41) is 0. The standard InChI is InChI=1S/C20H20N2O/c1-21(2)16-13-11-15(12-14-16)7-6-9-18-17-8-4-5-10-19(17)22(3)20(18)23/h4-14H,1-3H3/b7-6+,18-9-. The highest BCUT2D eigenvalue weighted by Gasteiger charge is 2.28. The number of likely N-dealkylation sites (N-methyl/N-ethyl adjacent to an activating group) is 1. The summed E-state index contributed by atoms with van der Waals surface area (Å²) in [5.41, 5.74) is 4.98. The van der Waals surface area contributed by atoms with Gasteiger partial charge in [0.25, 0.3) is 5.91 Å². The molecule has 0 fully saturated rings. The van der Waals surface area contributed by atoms with E-state index in [0.717, 1.165) is 22.4 Å². The molecule has 0 radical (unpaired) electrons. The van der Waals surface area contributed by atoms with Crippen LogP contribution < -0.4 is 9.80 Å². The highest BCUT2D eigenvalue weighted by Crippen LogP contribution is 2.35. The Hall–Kier alpha value is -2.81. The molecular formula is C20H20N2O. The fraction of sp³-hybridized carbons (Fsp3) is 0.150. The van der Waals surface area contributed by atoms with Gasteiger partial charge in [0.1, 0.15) is 0 Å². The molecule has 0 aliphatic carbocycles. The Kier molecular flexibility index (Phi) is 4.02. The van der Waals surface area contributed by atoms with Crippen molar-refractivity contribution in [1.29, 1.82) is 0 Å². The van der Waals surface area contributed by atoms with Gasteiger partial charge in [0.05, 0.1) is 5.69 Å². The molecule has 0 saturated carbocycles. The van der Waals surface area contributed by atoms with E-state index in [-0.39, 0.29) is 5.91 Å². The van der Waals surface area contributed by atoms with Crippen molar-refractivity contribution in [3.8, 4) is 0 Å². The van der Waals surface area contributed by atoms with E-state index in [1.807, 2.05) is 63.6 Å². The van der Waals surface area contributed by atoms with Crippen molar-refractivity contribution >= 4 is 28.9 Å². The molecule has 3 rings (SSSR count). The molecular weight excluding hydrogens is 284 g/mol. The molecule has 0 N–H and O–H groups in total. The fourth-order valence-electron chi connectivity index (χ4n) is 2.70. The highest BCUT2D eigenvalue weighted by molar-refractivity contribution is 6.32. The van der Waals surface area contributed by atoms with Crippen LogP contribution in [0.4, 0.5) is 11.4 Å². The Morgan fingerprint density at radius 2 is 1.70 bits per heavy atom. The largest absolute Gasteiger partial charge is 0.378 e. The lowest BCUT2D eigenvalue weighted by Gasteiger charge is -2.11. The molecule has 0 unspecified atom stereocenters. The lowest BCUT2D eigenvalue weighted by atomic mass is 10.1. The molecule has 1 aliphatic rings. The lowest BCUT2D eigenvalue weighted by Crippen LogP contribution is -2.20. The molecule has 3 nitrogen and oxygen atoms in total. The highest BCUT2D eigenvalue weighted by atomic mass is 16.2. The fourth-order valence-corrected chi connectivity index (χ4v) is 2.70. The number of rotatable bonds is 3. The molecule has 0 aromatic heterocycles. The van der Waals surface area contributed by atoms with Crippen LogP contribution in [0, 0.1) is 0 Å². The molecule has 0 atom stereocenters. The van der Waals surface area contributed by atoms with Gasteiger partial charge in [-0.05, 0) is 29.8 Å².